The number of hydrogen-bond acceptors (Lipinski definition) is 3. The van der Waals surface area contributed by atoms with E-state index in [-0.39, 0.29) is 0 Å². The molecular weight excluding hydrogens is 363 g/mol. The maximum atomic E-state index is 5.97. The second-order valence-corrected chi connectivity index (χ2v) is 5.41. The summed E-state index contributed by atoms with van der Waals surface area (Å²) >= 11 is 8.22. The fourth-order valence-electron chi connectivity index (χ4n) is 1.71. The van der Waals surface area contributed by atoms with Gasteiger partial charge in [-0.1, -0.05) is 23.7 Å². The third-order valence-electron chi connectivity index (χ3n) is 2.61. The lowest BCUT2D eigenvalue weighted by atomic mass is 10.2. The Morgan fingerprint density at radius 3 is 2.78 bits per heavy atom. The molecule has 0 aliphatic heterocycles. The molecule has 3 aromatic rings. The van der Waals surface area contributed by atoms with Crippen molar-refractivity contribution in [1.29, 1.82) is 0 Å². The van der Waals surface area contributed by atoms with Gasteiger partial charge in [0.05, 0.1) is 16.3 Å². The molecule has 0 saturated carbocycles. The third kappa shape index (κ3) is 1.95. The highest BCUT2D eigenvalue weighted by Gasteiger charge is 2.12. The Labute approximate surface area is 122 Å². The van der Waals surface area contributed by atoms with Crippen LogP contribution in [0.2, 0.25) is 5.02 Å². The minimum absolute atomic E-state index is 0.491. The quantitative estimate of drug-likeness (QED) is 0.512. The highest BCUT2D eigenvalue weighted by Crippen LogP contribution is 2.31. The summed E-state index contributed by atoms with van der Waals surface area (Å²) < 4.78 is 6.80. The predicted octanol–water partition coefficient (Wildman–Crippen LogP) is 4.34. The van der Waals surface area contributed by atoms with E-state index in [1.165, 1.54) is 0 Å². The molecule has 2 aromatic carbocycles. The molecule has 90 valence electrons. The van der Waals surface area contributed by atoms with Gasteiger partial charge in [0.1, 0.15) is 5.52 Å². The van der Waals surface area contributed by atoms with Crippen LogP contribution in [0.5, 0.6) is 0 Å². The van der Waals surface area contributed by atoms with Crippen LogP contribution in [0.25, 0.3) is 22.6 Å². The Morgan fingerprint density at radius 2 is 2.00 bits per heavy atom. The summed E-state index contributed by atoms with van der Waals surface area (Å²) in [6, 6.07) is 11.3. The number of anilines is 1. The summed E-state index contributed by atoms with van der Waals surface area (Å²) in [5.74, 6) is 0.580. The van der Waals surface area contributed by atoms with Crippen LogP contribution in [-0.2, 0) is 0 Å². The maximum absolute atomic E-state index is 5.97. The van der Waals surface area contributed by atoms with Gasteiger partial charge < -0.3 is 10.2 Å². The molecular formula is C13H8ClIN2O. The molecule has 0 amide bonds. The molecule has 0 unspecified atom stereocenters. The maximum Gasteiger partial charge on any atom is 0.228 e. The van der Waals surface area contributed by atoms with E-state index in [0.29, 0.717) is 27.7 Å². The molecule has 1 aromatic heterocycles. The number of aromatic nitrogens is 1. The second-order valence-electron chi connectivity index (χ2n) is 3.84. The Morgan fingerprint density at radius 1 is 1.22 bits per heavy atom. The van der Waals surface area contributed by atoms with Crippen LogP contribution in [0.1, 0.15) is 0 Å². The van der Waals surface area contributed by atoms with Crippen LogP contribution in [-0.4, -0.2) is 4.98 Å². The molecule has 18 heavy (non-hydrogen) atoms. The number of hydrogen-bond donors (Lipinski definition) is 1. The molecule has 3 nitrogen and oxygen atoms in total. The zero-order valence-corrected chi connectivity index (χ0v) is 12.1. The first-order valence-corrected chi connectivity index (χ1v) is 6.71. The summed E-state index contributed by atoms with van der Waals surface area (Å²) in [5.41, 5.74) is 8.56. The van der Waals surface area contributed by atoms with Gasteiger partial charge in [0.25, 0.3) is 0 Å². The van der Waals surface area contributed by atoms with Crippen molar-refractivity contribution >= 4 is 51.0 Å². The summed E-state index contributed by atoms with van der Waals surface area (Å²) in [6.45, 7) is 0. The van der Waals surface area contributed by atoms with Gasteiger partial charge in [0.2, 0.25) is 5.89 Å². The lowest BCUT2D eigenvalue weighted by Gasteiger charge is -1.97. The van der Waals surface area contributed by atoms with E-state index in [1.807, 2.05) is 24.3 Å². The van der Waals surface area contributed by atoms with Crippen LogP contribution in [0.3, 0.4) is 0 Å². The van der Waals surface area contributed by atoms with Crippen molar-refractivity contribution < 1.29 is 4.42 Å². The van der Waals surface area contributed by atoms with Crippen molar-refractivity contribution in [3.8, 4) is 11.5 Å². The normalized spacial score (nSPS) is 11.0. The molecule has 3 rings (SSSR count). The monoisotopic (exact) mass is 370 g/mol. The Kier molecular flexibility index (Phi) is 2.91. The van der Waals surface area contributed by atoms with E-state index in [2.05, 4.69) is 27.6 Å². The van der Waals surface area contributed by atoms with E-state index in [9.17, 15) is 0 Å². The number of fused-ring (bicyclic) bond motifs is 1. The van der Waals surface area contributed by atoms with E-state index in [0.717, 1.165) is 9.13 Å². The zero-order chi connectivity index (χ0) is 12.7. The van der Waals surface area contributed by atoms with Gasteiger partial charge >= 0.3 is 0 Å². The summed E-state index contributed by atoms with van der Waals surface area (Å²) in [5, 5.41) is 0.491. The van der Waals surface area contributed by atoms with Gasteiger partial charge in [0.15, 0.2) is 5.58 Å². The SMILES string of the molecule is Nc1cc2oc(-c3ccccc3I)nc2cc1Cl. The van der Waals surface area contributed by atoms with Crippen molar-refractivity contribution in [2.45, 2.75) is 0 Å². The molecule has 0 spiro atoms. The zero-order valence-electron chi connectivity index (χ0n) is 9.15. The van der Waals surface area contributed by atoms with Crippen molar-refractivity contribution in [3.05, 3.63) is 45.0 Å². The Hall–Kier alpha value is -1.27. The van der Waals surface area contributed by atoms with Gasteiger partial charge in [-0.15, -0.1) is 0 Å². The fraction of sp³-hybridized carbons (Fsp3) is 0. The highest BCUT2D eigenvalue weighted by atomic mass is 127. The van der Waals surface area contributed by atoms with Crippen LogP contribution in [0.4, 0.5) is 5.69 Å². The smallest absolute Gasteiger partial charge is 0.228 e. The topological polar surface area (TPSA) is 52.0 Å². The fourth-order valence-corrected chi connectivity index (χ4v) is 2.49. The molecule has 1 heterocycles. The minimum Gasteiger partial charge on any atom is -0.436 e. The lowest BCUT2D eigenvalue weighted by molar-refractivity contribution is 0.619. The number of rotatable bonds is 1. The van der Waals surface area contributed by atoms with Gasteiger partial charge in [-0.25, -0.2) is 4.98 Å². The lowest BCUT2D eigenvalue weighted by Crippen LogP contribution is -1.84. The number of benzene rings is 2. The predicted molar refractivity (Wildman–Crippen MR) is 81.6 cm³/mol. The van der Waals surface area contributed by atoms with E-state index >= 15 is 0 Å². The molecule has 2 N–H and O–H groups in total. The molecule has 5 heteroatoms. The molecule has 0 aliphatic rings. The van der Waals surface area contributed by atoms with E-state index in [4.69, 9.17) is 21.8 Å². The van der Waals surface area contributed by atoms with Crippen molar-refractivity contribution in [3.63, 3.8) is 0 Å². The number of nitrogens with zero attached hydrogens (tertiary/aromatic N) is 1. The van der Waals surface area contributed by atoms with Gasteiger partial charge in [-0.3, -0.25) is 0 Å². The molecule has 0 atom stereocenters. The van der Waals surface area contributed by atoms with Crippen LogP contribution < -0.4 is 5.73 Å². The summed E-state index contributed by atoms with van der Waals surface area (Å²) in [4.78, 5) is 4.43. The van der Waals surface area contributed by atoms with Crippen molar-refractivity contribution in [1.82, 2.24) is 4.98 Å². The number of nitrogen functional groups attached to an aromatic ring is 1. The first kappa shape index (κ1) is 11.8. The average Bonchev–Trinajstić information content (AvgIpc) is 2.73. The third-order valence-corrected chi connectivity index (χ3v) is 3.88. The molecule has 0 aliphatic carbocycles. The number of nitrogens with two attached hydrogens (primary N) is 1. The van der Waals surface area contributed by atoms with E-state index in [1.54, 1.807) is 12.1 Å². The highest BCUT2D eigenvalue weighted by molar-refractivity contribution is 14.1. The van der Waals surface area contributed by atoms with Crippen molar-refractivity contribution in [2.24, 2.45) is 0 Å². The summed E-state index contributed by atoms with van der Waals surface area (Å²) in [7, 11) is 0. The molecule has 0 bridgehead atoms. The van der Waals surface area contributed by atoms with Crippen LogP contribution in [0.15, 0.2) is 40.8 Å². The van der Waals surface area contributed by atoms with Crippen LogP contribution in [0, 0.1) is 3.57 Å². The summed E-state index contributed by atoms with van der Waals surface area (Å²) in [6.07, 6.45) is 0. The Balaban J connectivity index is 2.23. The van der Waals surface area contributed by atoms with Crippen LogP contribution >= 0.6 is 34.2 Å². The second kappa shape index (κ2) is 4.44. The first-order valence-electron chi connectivity index (χ1n) is 5.25. The molecule has 0 saturated heterocycles. The van der Waals surface area contributed by atoms with Gasteiger partial charge in [-0.05, 0) is 40.8 Å². The molecule has 0 fully saturated rings. The Bertz CT molecular complexity index is 700. The van der Waals surface area contributed by atoms with Gasteiger partial charge in [0, 0.05) is 9.64 Å². The van der Waals surface area contributed by atoms with Gasteiger partial charge in [-0.2, -0.15) is 0 Å². The molecule has 0 radical (unpaired) electrons. The first-order chi connectivity index (χ1) is 8.65. The largest absolute Gasteiger partial charge is 0.436 e. The van der Waals surface area contributed by atoms with Crippen molar-refractivity contribution in [2.75, 3.05) is 5.73 Å². The average molecular weight is 371 g/mol. The van der Waals surface area contributed by atoms with E-state index < -0.39 is 0 Å². The minimum atomic E-state index is 0.491. The number of oxazole rings is 1. The number of halogens is 2. The standard InChI is InChI=1S/C13H8ClIN2O/c14-8-5-11-12(6-10(8)16)18-13(17-11)7-3-1-2-4-9(7)15/h1-6H,16H2.